The van der Waals surface area contributed by atoms with Crippen LogP contribution in [0.3, 0.4) is 0 Å². The fraction of sp³-hybridized carbons (Fsp3) is 0.867. The van der Waals surface area contributed by atoms with Gasteiger partial charge < -0.3 is 5.32 Å². The summed E-state index contributed by atoms with van der Waals surface area (Å²) in [6, 6.07) is -0.533. The van der Waals surface area contributed by atoms with Gasteiger partial charge in [-0.3, -0.25) is 9.69 Å². The van der Waals surface area contributed by atoms with E-state index >= 15 is 0 Å². The molecule has 0 spiro atoms. The smallest absolute Gasteiger partial charge is 0.324 e. The van der Waals surface area contributed by atoms with E-state index in [0.29, 0.717) is 6.54 Å². The molecule has 1 rings (SSSR count). The van der Waals surface area contributed by atoms with Crippen LogP contribution in [0.15, 0.2) is 0 Å². The topological polar surface area (TPSA) is 49.4 Å². The number of hydrogen-bond donors (Lipinski definition) is 1. The molecule has 0 bridgehead atoms. The summed E-state index contributed by atoms with van der Waals surface area (Å²) >= 11 is 3.60. The van der Waals surface area contributed by atoms with Gasteiger partial charge in [0.1, 0.15) is 6.04 Å². The summed E-state index contributed by atoms with van der Waals surface area (Å²) in [6.45, 7) is 6.86. The third-order valence-corrected chi connectivity index (χ3v) is 5.21. The van der Waals surface area contributed by atoms with Gasteiger partial charge in [-0.1, -0.05) is 56.0 Å². The lowest BCUT2D eigenvalue weighted by molar-refractivity contribution is -0.128. The molecule has 0 radical (unpaired) electrons. The number of urea groups is 1. The van der Waals surface area contributed by atoms with Crippen molar-refractivity contribution < 1.29 is 9.59 Å². The van der Waals surface area contributed by atoms with Gasteiger partial charge in [-0.15, -0.1) is 0 Å². The van der Waals surface area contributed by atoms with Gasteiger partial charge in [0.25, 0.3) is 5.91 Å². The van der Waals surface area contributed by atoms with E-state index in [9.17, 15) is 9.59 Å². The summed E-state index contributed by atoms with van der Waals surface area (Å²) in [5, 5.41) is 3.64. The molecule has 3 amide bonds. The monoisotopic (exact) mass is 346 g/mol. The first-order chi connectivity index (χ1) is 9.53. The van der Waals surface area contributed by atoms with Crippen molar-refractivity contribution in [1.82, 2.24) is 10.2 Å². The molecule has 116 valence electrons. The lowest BCUT2D eigenvalue weighted by Crippen LogP contribution is -2.43. The Kier molecular flexibility index (Phi) is 7.00. The molecule has 20 heavy (non-hydrogen) atoms. The van der Waals surface area contributed by atoms with Crippen LogP contribution >= 0.6 is 15.9 Å². The molecule has 5 heteroatoms. The number of imide groups is 1. The minimum atomic E-state index is -0.316. The Hall–Kier alpha value is -0.580. The van der Waals surface area contributed by atoms with Crippen molar-refractivity contribution in [3.63, 3.8) is 0 Å². The molecule has 0 aromatic carbocycles. The highest BCUT2D eigenvalue weighted by Gasteiger charge is 2.41. The highest BCUT2D eigenvalue weighted by atomic mass is 79.9. The summed E-state index contributed by atoms with van der Waals surface area (Å²) in [6.07, 6.45) is 5.81. The number of amides is 3. The molecule has 1 N–H and O–H groups in total. The predicted octanol–water partition coefficient (Wildman–Crippen LogP) is 3.69. The second kappa shape index (κ2) is 8.01. The third kappa shape index (κ3) is 3.96. The number of alkyl halides is 1. The van der Waals surface area contributed by atoms with Crippen LogP contribution in [-0.4, -0.2) is 34.8 Å². The van der Waals surface area contributed by atoms with Crippen molar-refractivity contribution in [2.45, 2.75) is 65.3 Å². The fourth-order valence-corrected chi connectivity index (χ4v) is 3.80. The van der Waals surface area contributed by atoms with E-state index in [1.165, 1.54) is 4.90 Å². The van der Waals surface area contributed by atoms with E-state index in [1.807, 2.05) is 6.92 Å². The third-order valence-electron chi connectivity index (χ3n) is 4.02. The number of hydrogen-bond acceptors (Lipinski definition) is 2. The van der Waals surface area contributed by atoms with E-state index in [0.717, 1.165) is 43.9 Å². The lowest BCUT2D eigenvalue weighted by atomic mass is 9.80. The molecule has 1 fully saturated rings. The second-order valence-corrected chi connectivity index (χ2v) is 6.41. The molecule has 1 heterocycles. The van der Waals surface area contributed by atoms with E-state index in [-0.39, 0.29) is 23.4 Å². The van der Waals surface area contributed by atoms with Crippen LogP contribution in [0.25, 0.3) is 0 Å². The highest BCUT2D eigenvalue weighted by molar-refractivity contribution is 9.09. The van der Waals surface area contributed by atoms with Crippen LogP contribution in [0.4, 0.5) is 4.79 Å². The first kappa shape index (κ1) is 17.5. The largest absolute Gasteiger partial charge is 0.326 e. The van der Waals surface area contributed by atoms with Gasteiger partial charge in [0.15, 0.2) is 0 Å². The van der Waals surface area contributed by atoms with Gasteiger partial charge in [-0.25, -0.2) is 4.79 Å². The van der Waals surface area contributed by atoms with Crippen LogP contribution in [0.1, 0.15) is 59.3 Å². The average Bonchev–Trinajstić information content (AvgIpc) is 2.67. The molecule has 1 saturated heterocycles. The SMILES string of the molecule is CCCC1NC(=O)N(CC(CBr)(CCC)CCC)C1=O. The van der Waals surface area contributed by atoms with E-state index in [4.69, 9.17) is 0 Å². The molecule has 4 nitrogen and oxygen atoms in total. The minimum absolute atomic E-state index is 0.0115. The quantitative estimate of drug-likeness (QED) is 0.511. The van der Waals surface area contributed by atoms with Crippen LogP contribution < -0.4 is 5.32 Å². The Balaban J connectivity index is 2.82. The summed E-state index contributed by atoms with van der Waals surface area (Å²) in [5.41, 5.74) is 0.0115. The molecule has 0 aromatic rings. The number of rotatable bonds is 9. The van der Waals surface area contributed by atoms with Gasteiger partial charge in [0.05, 0.1) is 0 Å². The Morgan fingerprint density at radius 1 is 1.15 bits per heavy atom. The Labute approximate surface area is 130 Å². The van der Waals surface area contributed by atoms with E-state index < -0.39 is 0 Å². The van der Waals surface area contributed by atoms with Crippen molar-refractivity contribution >= 4 is 27.9 Å². The zero-order chi connectivity index (χ0) is 15.2. The summed E-state index contributed by atoms with van der Waals surface area (Å²) < 4.78 is 0. The molecular weight excluding hydrogens is 320 g/mol. The molecule has 0 saturated carbocycles. The molecular formula is C15H27BrN2O2. The maximum absolute atomic E-state index is 12.3. The summed E-state index contributed by atoms with van der Waals surface area (Å²) in [5.74, 6) is -0.0469. The number of carbonyl (C=O) groups excluding carboxylic acids is 2. The fourth-order valence-electron chi connectivity index (χ4n) is 3.07. The number of nitrogens with zero attached hydrogens (tertiary/aromatic N) is 1. The zero-order valence-corrected chi connectivity index (χ0v) is 14.5. The van der Waals surface area contributed by atoms with Gasteiger partial charge in [0.2, 0.25) is 0 Å². The van der Waals surface area contributed by atoms with Crippen molar-refractivity contribution in [3.05, 3.63) is 0 Å². The molecule has 1 unspecified atom stereocenters. The Morgan fingerprint density at radius 2 is 1.75 bits per heavy atom. The minimum Gasteiger partial charge on any atom is -0.326 e. The van der Waals surface area contributed by atoms with E-state index in [2.05, 4.69) is 35.1 Å². The van der Waals surface area contributed by atoms with E-state index in [1.54, 1.807) is 0 Å². The molecule has 0 aliphatic carbocycles. The molecule has 1 atom stereocenters. The van der Waals surface area contributed by atoms with Gasteiger partial charge in [-0.2, -0.15) is 0 Å². The van der Waals surface area contributed by atoms with Crippen LogP contribution in [-0.2, 0) is 4.79 Å². The van der Waals surface area contributed by atoms with Crippen LogP contribution in [0, 0.1) is 5.41 Å². The molecule has 1 aliphatic rings. The molecule has 1 aliphatic heterocycles. The number of carbonyl (C=O) groups is 2. The number of halogens is 1. The zero-order valence-electron chi connectivity index (χ0n) is 12.9. The average molecular weight is 347 g/mol. The molecule has 0 aromatic heterocycles. The Morgan fingerprint density at radius 3 is 2.20 bits per heavy atom. The lowest BCUT2D eigenvalue weighted by Gasteiger charge is -2.34. The maximum Gasteiger partial charge on any atom is 0.324 e. The predicted molar refractivity (Wildman–Crippen MR) is 85.0 cm³/mol. The first-order valence-corrected chi connectivity index (χ1v) is 8.83. The summed E-state index contributed by atoms with van der Waals surface area (Å²) in [4.78, 5) is 25.8. The van der Waals surface area contributed by atoms with Gasteiger partial charge >= 0.3 is 6.03 Å². The first-order valence-electron chi connectivity index (χ1n) is 7.71. The number of nitrogens with one attached hydrogen (secondary N) is 1. The summed E-state index contributed by atoms with van der Waals surface area (Å²) in [7, 11) is 0. The standard InChI is InChI=1S/C15H27BrN2O2/c1-4-7-12-13(19)18(14(20)17-12)11-15(10-16,8-5-2)9-6-3/h12H,4-11H2,1-3H3,(H,17,20). The maximum atomic E-state index is 12.3. The Bertz CT molecular complexity index is 341. The second-order valence-electron chi connectivity index (χ2n) is 5.85. The van der Waals surface area contributed by atoms with Crippen LogP contribution in [0.2, 0.25) is 0 Å². The highest BCUT2D eigenvalue weighted by Crippen LogP contribution is 2.34. The van der Waals surface area contributed by atoms with Crippen LogP contribution in [0.5, 0.6) is 0 Å². The van der Waals surface area contributed by atoms with Crippen molar-refractivity contribution in [3.8, 4) is 0 Å². The van der Waals surface area contributed by atoms with Gasteiger partial charge in [0, 0.05) is 11.9 Å². The van der Waals surface area contributed by atoms with Crippen molar-refractivity contribution in [2.24, 2.45) is 5.41 Å². The van der Waals surface area contributed by atoms with Crippen molar-refractivity contribution in [2.75, 3.05) is 11.9 Å². The van der Waals surface area contributed by atoms with Crippen molar-refractivity contribution in [1.29, 1.82) is 0 Å². The van der Waals surface area contributed by atoms with Gasteiger partial charge in [-0.05, 0) is 24.7 Å². The normalized spacial score (nSPS) is 19.6.